The van der Waals surface area contributed by atoms with Gasteiger partial charge in [-0.25, -0.2) is 4.89 Å². The van der Waals surface area contributed by atoms with Gasteiger partial charge < -0.3 is 61.7 Å². The minimum absolute atomic E-state index is 0. The van der Waals surface area contributed by atoms with Crippen LogP contribution >= 0.6 is 0 Å². The van der Waals surface area contributed by atoms with Gasteiger partial charge in [-0.15, -0.1) is 0 Å². The molecule has 0 aromatic carbocycles. The van der Waals surface area contributed by atoms with E-state index < -0.39 is 11.9 Å². The zero-order valence-corrected chi connectivity index (χ0v) is 60.7. The molecule has 0 aromatic rings. The molecule has 0 amide bonds. The fourth-order valence-electron chi connectivity index (χ4n) is 10.1. The number of nitrogens with one attached hydrogen (secondary N) is 2. The second-order valence-corrected chi connectivity index (χ2v) is 23.4. The second-order valence-electron chi connectivity index (χ2n) is 23.4. The van der Waals surface area contributed by atoms with Crippen LogP contribution in [0.5, 0.6) is 0 Å². The standard InChI is InChI=1S/C18H38O2.2C18H36O2.C14H32N4.CH4.4H2N.2Pt/c1-2-3-4-5-6-7-8-9-10-11-12-13-14-15-16-17-18-20-19;2*1-2-3-4-5-6-7-8-9-10-11-12-13-14-15-16-17-18(19)20;15-9-5-1-3-7-11-17-13-14-18-12-8-4-2-6-10-16;;;;;;;/h19H,2-18H2,1H3;2*2-17H2,1H3,(H,19,20);15-18H,1-14H2;1H4;4*1H2;;/q;;;-2;;4*-1;2*+4/p+1. The molecule has 85 heavy (non-hydrogen) atoms. The topological polar surface area (TPSA) is 322 Å². The van der Waals surface area contributed by atoms with Crippen molar-refractivity contribution in [1.29, 1.82) is 0 Å². The summed E-state index contributed by atoms with van der Waals surface area (Å²) in [7, 11) is 0. The molecule has 0 saturated heterocycles. The summed E-state index contributed by atoms with van der Waals surface area (Å²) in [6.45, 7) is 13.5. The van der Waals surface area contributed by atoms with E-state index in [1.54, 1.807) is 0 Å². The van der Waals surface area contributed by atoms with Crippen LogP contribution in [0, 0.1) is 0 Å². The molecule has 16 N–H and O–H groups in total. The van der Waals surface area contributed by atoms with Gasteiger partial charge >= 0.3 is 48.1 Å². The summed E-state index contributed by atoms with van der Waals surface area (Å²) in [5, 5.41) is 31.8. The van der Waals surface area contributed by atoms with Crippen LogP contribution in [0.3, 0.4) is 0 Å². The maximum Gasteiger partial charge on any atom is 4.00 e. The molecule has 0 heterocycles. The smallest absolute Gasteiger partial charge is 0.693 e. The van der Waals surface area contributed by atoms with Gasteiger partial charge in [0, 0.05) is 12.4 Å². The van der Waals surface area contributed by atoms with Crippen LogP contribution in [-0.2, 0) is 56.6 Å². The number of carbonyl (C=O) groups excluding carboxylic acids is 1. The van der Waals surface area contributed by atoms with Gasteiger partial charge in [0.2, 0.25) is 0 Å². The molecule has 0 saturated carbocycles. The number of carboxylic acid groups (broad SMARTS) is 2. The summed E-state index contributed by atoms with van der Waals surface area (Å²) < 4.78 is 0. The Kier molecular flexibility index (Phi) is 144. The van der Waals surface area contributed by atoms with Crippen LogP contribution in [0.1, 0.15) is 388 Å². The maximum atomic E-state index is 10.3. The molecular weight excluding hydrogens is 1430 g/mol. The number of carbonyl (C=O) groups is 2. The van der Waals surface area contributed by atoms with Crippen molar-refractivity contribution in [3.8, 4) is 0 Å². The number of rotatable bonds is 64. The fraction of sp³-hybridized carbons (Fsp3) is 0.971. The summed E-state index contributed by atoms with van der Waals surface area (Å²) >= 11 is 0. The monoisotopic (exact) mass is 1580 g/mol. The number of nitrogens with two attached hydrogens (primary N) is 6. The van der Waals surface area contributed by atoms with Gasteiger partial charge in [0.25, 0.3) is 0 Å². The van der Waals surface area contributed by atoms with Gasteiger partial charge in [-0.2, -0.15) is 13.1 Å². The zero-order chi connectivity index (χ0) is 57.8. The van der Waals surface area contributed by atoms with E-state index in [1.807, 2.05) is 0 Å². The molecule has 0 unspecified atom stereocenters. The zero-order valence-electron chi connectivity index (χ0n) is 56.2. The summed E-state index contributed by atoms with van der Waals surface area (Å²) in [6.07, 6.45) is 71.9. The van der Waals surface area contributed by atoms with Crippen molar-refractivity contribution in [1.82, 2.24) is 0 Å². The van der Waals surface area contributed by atoms with E-state index in [4.69, 9.17) is 21.8 Å². The Morgan fingerprint density at radius 2 is 0.529 bits per heavy atom. The van der Waals surface area contributed by atoms with Crippen molar-refractivity contribution >= 4 is 11.9 Å². The molecular formula is C69H155N8O6Pt2+3. The largest absolute Gasteiger partial charge is 4.00 e. The third-order valence-electron chi connectivity index (χ3n) is 15.3. The fourth-order valence-corrected chi connectivity index (χ4v) is 10.1. The maximum absolute atomic E-state index is 10.3. The first-order valence-corrected chi connectivity index (χ1v) is 35.0. The Balaban J connectivity index is -0.0000000930. The van der Waals surface area contributed by atoms with Crippen molar-refractivity contribution in [2.45, 2.75) is 388 Å². The van der Waals surface area contributed by atoms with Gasteiger partial charge in [0.15, 0.2) is 0 Å². The average Bonchev–Trinajstić information content (AvgIpc) is 3.43. The Bertz CT molecular complexity index is 976. The SMILES string of the molecule is C.CCCCCCCCCCCCCCCCCC(=O)O.CCCCCCCCCCCCCCCCCC(=O)[O-].CCCCCCCCCCCCCCCCCCOO.[NH-]CCCCCC[NH2+]CC[NH2+]CCCCCC[NH-].[NH2-].[NH2-].[NH2-].[NH2-].[Pt+4].[Pt+4]. The number of quaternary nitrogens is 2. The van der Waals surface area contributed by atoms with Crippen molar-refractivity contribution in [3.05, 3.63) is 36.1 Å². The first-order chi connectivity index (χ1) is 38.4. The van der Waals surface area contributed by atoms with E-state index in [0.29, 0.717) is 26.1 Å². The quantitative estimate of drug-likeness (QED) is 0.0260. The second kappa shape index (κ2) is 112. The molecule has 0 rings (SSSR count). The van der Waals surface area contributed by atoms with Crippen molar-refractivity contribution < 1.29 is 82.7 Å². The van der Waals surface area contributed by atoms with Crippen LogP contribution in [0.15, 0.2) is 0 Å². The van der Waals surface area contributed by atoms with Crippen LogP contribution < -0.4 is 15.7 Å². The minimum atomic E-state index is -0.903. The number of unbranched alkanes of at least 4 members (excludes halogenated alkanes) is 49. The Labute approximate surface area is 560 Å². The molecule has 0 radical (unpaired) electrons. The first kappa shape index (κ1) is 109. The molecule has 0 fully saturated rings. The van der Waals surface area contributed by atoms with Gasteiger partial charge in [-0.05, 0) is 51.4 Å². The summed E-state index contributed by atoms with van der Waals surface area (Å²) in [5.74, 6) is -1.56. The van der Waals surface area contributed by atoms with E-state index >= 15 is 0 Å². The number of hydrogen-bond acceptors (Lipinski definition) is 5. The van der Waals surface area contributed by atoms with E-state index in [2.05, 4.69) is 36.3 Å². The number of hydrogen-bond donors (Lipinski definition) is 4. The Hall–Kier alpha value is -0.0834. The third-order valence-corrected chi connectivity index (χ3v) is 15.3. The van der Waals surface area contributed by atoms with Crippen molar-refractivity contribution in [2.75, 3.05) is 45.9 Å². The normalized spacial score (nSPS) is 10.0. The molecule has 0 spiro atoms. The Morgan fingerprint density at radius 3 is 0.741 bits per heavy atom. The van der Waals surface area contributed by atoms with E-state index in [9.17, 15) is 14.7 Å². The van der Waals surface area contributed by atoms with Crippen molar-refractivity contribution in [2.24, 2.45) is 0 Å². The molecule has 0 bridgehead atoms. The molecule has 0 aliphatic rings. The predicted octanol–water partition coefficient (Wildman–Crippen LogP) is 22.9. The number of aliphatic carboxylic acids is 2. The average molecular weight is 1580 g/mol. The van der Waals surface area contributed by atoms with E-state index in [0.717, 1.165) is 44.9 Å². The van der Waals surface area contributed by atoms with Gasteiger partial charge in [-0.3, -0.25) is 10.1 Å². The van der Waals surface area contributed by atoms with E-state index in [-0.39, 0.29) is 80.6 Å². The minimum Gasteiger partial charge on any atom is -0.693 e. The van der Waals surface area contributed by atoms with E-state index in [1.165, 1.54) is 328 Å². The third kappa shape index (κ3) is 130. The summed E-state index contributed by atoms with van der Waals surface area (Å²) in [6, 6.07) is 0. The summed E-state index contributed by atoms with van der Waals surface area (Å²) in [5.41, 5.74) is 14.1. The predicted molar refractivity (Wildman–Crippen MR) is 366 cm³/mol. The molecule has 0 atom stereocenters. The van der Waals surface area contributed by atoms with Crippen molar-refractivity contribution in [3.63, 3.8) is 0 Å². The molecule has 14 nitrogen and oxygen atoms in total. The summed E-state index contributed by atoms with van der Waals surface area (Å²) in [4.78, 5) is 24.6. The molecule has 0 aromatic heterocycles. The van der Waals surface area contributed by atoms with Gasteiger partial charge in [0.05, 0.1) is 19.7 Å². The van der Waals surface area contributed by atoms with Crippen LogP contribution in [-0.4, -0.2) is 68.2 Å². The van der Waals surface area contributed by atoms with Crippen LogP contribution in [0.2, 0.25) is 0 Å². The number of carboxylic acids is 2. The first-order valence-electron chi connectivity index (χ1n) is 35.0. The van der Waals surface area contributed by atoms with Gasteiger partial charge in [-0.1, -0.05) is 330 Å². The Morgan fingerprint density at radius 1 is 0.329 bits per heavy atom. The molecule has 16 heteroatoms. The van der Waals surface area contributed by atoms with Gasteiger partial charge in [0.1, 0.15) is 13.1 Å². The van der Waals surface area contributed by atoms with Crippen LogP contribution in [0.4, 0.5) is 0 Å². The molecule has 0 aliphatic carbocycles. The molecule has 0 aliphatic heterocycles. The molecule has 524 valence electrons. The van der Waals surface area contributed by atoms with Crippen LogP contribution in [0.25, 0.3) is 36.1 Å².